The van der Waals surface area contributed by atoms with Gasteiger partial charge in [-0.3, -0.25) is 14.5 Å². The first-order chi connectivity index (χ1) is 20.4. The Hall–Kier alpha value is -4.37. The molecule has 3 aromatic carbocycles. The van der Waals surface area contributed by atoms with Gasteiger partial charge in [0.1, 0.15) is 18.5 Å². The topological polar surface area (TPSA) is 108 Å². The number of ether oxygens (including phenoxy) is 2. The van der Waals surface area contributed by atoms with E-state index in [0.29, 0.717) is 23.8 Å². The second-order valence-electron chi connectivity index (χ2n) is 11.4. The van der Waals surface area contributed by atoms with Gasteiger partial charge in [-0.1, -0.05) is 54.6 Å². The van der Waals surface area contributed by atoms with E-state index in [1.54, 1.807) is 17.0 Å². The van der Waals surface area contributed by atoms with Crippen molar-refractivity contribution in [2.24, 2.45) is 11.8 Å². The predicted molar refractivity (Wildman–Crippen MR) is 155 cm³/mol. The lowest BCUT2D eigenvalue weighted by Crippen LogP contribution is -2.53. The Morgan fingerprint density at radius 3 is 2.26 bits per heavy atom. The van der Waals surface area contributed by atoms with Crippen LogP contribution in [0.1, 0.15) is 45.9 Å². The van der Waals surface area contributed by atoms with Crippen molar-refractivity contribution in [3.8, 4) is 5.75 Å². The van der Waals surface area contributed by atoms with Gasteiger partial charge in [0.25, 0.3) is 5.91 Å². The molecule has 2 atom stereocenters. The summed E-state index contributed by atoms with van der Waals surface area (Å²) in [7, 11) is 0. The average molecular weight is 570 g/mol. The van der Waals surface area contributed by atoms with Crippen LogP contribution < -0.4 is 10.1 Å². The maximum atomic E-state index is 13.1. The lowest BCUT2D eigenvalue weighted by atomic mass is 9.86. The zero-order valence-corrected chi connectivity index (χ0v) is 23.4. The lowest BCUT2D eigenvalue weighted by Gasteiger charge is -2.43. The third-order valence-corrected chi connectivity index (χ3v) is 8.57. The highest BCUT2D eigenvalue weighted by molar-refractivity contribution is 5.95. The van der Waals surface area contributed by atoms with Crippen LogP contribution in [0.3, 0.4) is 0 Å². The molecule has 9 heteroatoms. The molecule has 4 saturated heterocycles. The number of hydrogen-bond donors (Lipinski definition) is 2. The normalized spacial score (nSPS) is 22.1. The number of rotatable bonds is 9. The molecule has 9 nitrogen and oxygen atoms in total. The van der Waals surface area contributed by atoms with Gasteiger partial charge in [-0.25, -0.2) is 4.79 Å². The number of likely N-dealkylation sites (tertiary alicyclic amines) is 1. The van der Waals surface area contributed by atoms with E-state index in [4.69, 9.17) is 14.6 Å². The van der Waals surface area contributed by atoms with Crippen molar-refractivity contribution >= 4 is 18.0 Å². The maximum Gasteiger partial charge on any atom is 0.408 e. The first kappa shape index (κ1) is 27.8. The van der Waals surface area contributed by atoms with Crippen molar-refractivity contribution in [1.82, 2.24) is 15.1 Å². The largest absolute Gasteiger partial charge is 0.489 e. The number of hydrogen-bond acceptors (Lipinski definition) is 6. The number of piperidine rings is 3. The van der Waals surface area contributed by atoms with Gasteiger partial charge < -0.3 is 24.8 Å². The van der Waals surface area contributed by atoms with Crippen LogP contribution in [-0.2, 0) is 16.1 Å². The molecule has 0 aliphatic carbocycles. The molecule has 2 amide bonds. The highest BCUT2D eigenvalue weighted by atomic mass is 16.6. The number of amides is 2. The van der Waals surface area contributed by atoms with E-state index in [0.717, 1.165) is 49.2 Å². The van der Waals surface area contributed by atoms with E-state index >= 15 is 0 Å². The van der Waals surface area contributed by atoms with E-state index in [9.17, 15) is 14.4 Å². The second kappa shape index (κ2) is 12.2. The quantitative estimate of drug-likeness (QED) is 0.395. The van der Waals surface area contributed by atoms with Crippen molar-refractivity contribution in [1.29, 1.82) is 0 Å². The molecule has 4 aliphatic rings. The van der Waals surface area contributed by atoms with Crippen LogP contribution in [0.2, 0.25) is 0 Å². The van der Waals surface area contributed by atoms with Gasteiger partial charge in [-0.2, -0.15) is 0 Å². The third-order valence-electron chi connectivity index (χ3n) is 8.57. The number of nitrogens with one attached hydrogen (secondary N) is 1. The minimum absolute atomic E-state index is 0.0761. The molecule has 0 aromatic heterocycles. The Morgan fingerprint density at radius 1 is 0.881 bits per heavy atom. The average Bonchev–Trinajstić information content (AvgIpc) is 2.99. The third kappa shape index (κ3) is 6.26. The minimum atomic E-state index is -0.870. The fraction of sp³-hybridized carbons (Fsp3) is 0.364. The summed E-state index contributed by atoms with van der Waals surface area (Å²) in [5.74, 6) is -0.434. The molecule has 4 fully saturated rings. The van der Waals surface area contributed by atoms with Crippen molar-refractivity contribution in [2.45, 2.75) is 31.6 Å². The van der Waals surface area contributed by atoms with E-state index in [-0.39, 0.29) is 25.1 Å². The zero-order valence-electron chi connectivity index (χ0n) is 23.4. The van der Waals surface area contributed by atoms with Crippen molar-refractivity contribution in [3.05, 3.63) is 101 Å². The Labute approximate surface area is 245 Å². The van der Waals surface area contributed by atoms with Crippen molar-refractivity contribution < 1.29 is 29.0 Å². The highest BCUT2D eigenvalue weighted by Gasteiger charge is 2.37. The minimum Gasteiger partial charge on any atom is -0.489 e. The van der Waals surface area contributed by atoms with Gasteiger partial charge in [0.2, 0.25) is 0 Å². The number of nitrogens with zero attached hydrogens (tertiary/aromatic N) is 2. The molecule has 0 saturated carbocycles. The molecular formula is C33H35N3O6. The molecule has 0 spiro atoms. The molecule has 0 unspecified atom stereocenters. The number of carbonyl (C=O) groups excluding carboxylic acids is 2. The molecule has 2 bridgehead atoms. The Balaban J connectivity index is 1.09. The number of carboxylic acids is 1. The number of carbonyl (C=O) groups is 3. The standard InChI is InChI=1S/C33H35N3O6/c37-31(36-18-27(19-36)32(38)39)25-11-9-22(10-12-25)21-41-28-8-4-7-26(17-28)30(24-5-2-1-3-6-24)34-33(40)42-29-20-35-15-13-23(29)14-16-35/h1-12,17,23,27,29-30H,13-16,18-21H2,(H,34,40)(H,38,39)/t29-,30-/m0/s1. The summed E-state index contributed by atoms with van der Waals surface area (Å²) < 4.78 is 12.0. The summed E-state index contributed by atoms with van der Waals surface area (Å²) in [5, 5.41) is 12.1. The van der Waals surface area contributed by atoms with Gasteiger partial charge in [0.15, 0.2) is 0 Å². The fourth-order valence-corrected chi connectivity index (χ4v) is 6.02. The molecule has 0 radical (unpaired) electrons. The molecule has 2 N–H and O–H groups in total. The van der Waals surface area contributed by atoms with Crippen LogP contribution in [0, 0.1) is 11.8 Å². The molecule has 42 heavy (non-hydrogen) atoms. The van der Waals surface area contributed by atoms with Gasteiger partial charge in [-0.15, -0.1) is 0 Å². The van der Waals surface area contributed by atoms with Crippen LogP contribution in [0.25, 0.3) is 0 Å². The lowest BCUT2D eigenvalue weighted by molar-refractivity contribution is -0.146. The smallest absolute Gasteiger partial charge is 0.408 e. The zero-order chi connectivity index (χ0) is 29.1. The van der Waals surface area contributed by atoms with Crippen LogP contribution in [0.15, 0.2) is 78.9 Å². The predicted octanol–water partition coefficient (Wildman–Crippen LogP) is 4.33. The number of alkyl carbamates (subject to hydrolysis) is 1. The molecule has 4 heterocycles. The van der Waals surface area contributed by atoms with Crippen LogP contribution in [0.5, 0.6) is 5.75 Å². The summed E-state index contributed by atoms with van der Waals surface area (Å²) in [5.41, 5.74) is 3.23. The van der Waals surface area contributed by atoms with Crippen LogP contribution in [0.4, 0.5) is 4.79 Å². The van der Waals surface area contributed by atoms with Gasteiger partial charge in [0, 0.05) is 25.2 Å². The summed E-state index contributed by atoms with van der Waals surface area (Å²) >= 11 is 0. The Morgan fingerprint density at radius 2 is 1.60 bits per heavy atom. The Kier molecular flexibility index (Phi) is 8.10. The molecular weight excluding hydrogens is 534 g/mol. The summed E-state index contributed by atoms with van der Waals surface area (Å²) in [6, 6.07) is 24.2. The van der Waals surface area contributed by atoms with Crippen molar-refractivity contribution in [3.63, 3.8) is 0 Å². The number of fused-ring (bicyclic) bond motifs is 3. The molecule has 7 rings (SSSR count). The first-order valence-electron chi connectivity index (χ1n) is 14.5. The summed E-state index contributed by atoms with van der Waals surface area (Å²) in [6.45, 7) is 3.75. The number of carboxylic acid groups (broad SMARTS) is 1. The van der Waals surface area contributed by atoms with Gasteiger partial charge in [-0.05, 0) is 72.8 Å². The van der Waals surface area contributed by atoms with E-state index < -0.39 is 24.0 Å². The molecule has 218 valence electrons. The van der Waals surface area contributed by atoms with E-state index in [2.05, 4.69) is 10.2 Å². The number of aliphatic carboxylic acids is 1. The van der Waals surface area contributed by atoms with E-state index in [1.165, 1.54) is 0 Å². The summed E-state index contributed by atoms with van der Waals surface area (Å²) in [4.78, 5) is 40.6. The molecule has 4 aliphatic heterocycles. The Bertz CT molecular complexity index is 1420. The highest BCUT2D eigenvalue weighted by Crippen LogP contribution is 2.31. The van der Waals surface area contributed by atoms with Gasteiger partial charge in [0.05, 0.1) is 12.0 Å². The summed E-state index contributed by atoms with van der Waals surface area (Å²) in [6.07, 6.45) is 1.65. The first-order valence-corrected chi connectivity index (χ1v) is 14.5. The van der Waals surface area contributed by atoms with Gasteiger partial charge >= 0.3 is 12.1 Å². The fourth-order valence-electron chi connectivity index (χ4n) is 6.02. The second-order valence-corrected chi connectivity index (χ2v) is 11.4. The van der Waals surface area contributed by atoms with Crippen LogP contribution >= 0.6 is 0 Å². The van der Waals surface area contributed by atoms with Crippen LogP contribution in [-0.4, -0.2) is 71.7 Å². The van der Waals surface area contributed by atoms with E-state index in [1.807, 2.05) is 66.7 Å². The number of benzene rings is 3. The van der Waals surface area contributed by atoms with Crippen molar-refractivity contribution in [2.75, 3.05) is 32.7 Å². The SMILES string of the molecule is O=C(N[C@@H](c1ccccc1)c1cccc(OCc2ccc(C(=O)N3CC(C(=O)O)C3)cc2)c1)O[C@H]1CN2CCC1CC2. The maximum absolute atomic E-state index is 13.1. The molecule has 3 aromatic rings. The monoisotopic (exact) mass is 569 g/mol.